The first-order chi connectivity index (χ1) is 13.9. The van der Waals surface area contributed by atoms with Crippen LogP contribution < -0.4 is 0 Å². The highest BCUT2D eigenvalue weighted by Gasteiger charge is 2.51. The van der Waals surface area contributed by atoms with Crippen LogP contribution >= 0.6 is 0 Å². The number of halogens is 1. The maximum absolute atomic E-state index is 13.8. The van der Waals surface area contributed by atoms with Crippen molar-refractivity contribution in [2.24, 2.45) is 5.41 Å². The molecule has 1 aliphatic rings. The molecule has 1 N–H and O–H groups in total. The Bertz CT molecular complexity index is 1230. The minimum Gasteiger partial charge on any atom is -0.343 e. The van der Waals surface area contributed by atoms with Gasteiger partial charge in [0.2, 0.25) is 0 Å². The lowest BCUT2D eigenvalue weighted by Crippen LogP contribution is -2.58. The molecule has 5 rings (SSSR count). The van der Waals surface area contributed by atoms with E-state index in [0.29, 0.717) is 29.4 Å². The van der Waals surface area contributed by atoms with Crippen LogP contribution in [0.25, 0.3) is 16.9 Å². The zero-order chi connectivity index (χ0) is 20.2. The number of amides is 1. The number of hydrogen-bond acceptors (Lipinski definition) is 4. The average Bonchev–Trinajstić information content (AvgIpc) is 3.34. The summed E-state index contributed by atoms with van der Waals surface area (Å²) in [7, 11) is 0. The SMILES string of the molecule is CC1(C)CN(C(=O)c2ccc3[nH]cnc3n2)C1c1nccn1-c1cccc(F)c1. The molecule has 4 aromatic rings. The molecule has 8 heteroatoms. The van der Waals surface area contributed by atoms with Gasteiger partial charge in [-0.15, -0.1) is 0 Å². The number of likely N-dealkylation sites (tertiary alicyclic amines) is 1. The number of fused-ring (bicyclic) bond motifs is 1. The van der Waals surface area contributed by atoms with Gasteiger partial charge in [-0.2, -0.15) is 0 Å². The summed E-state index contributed by atoms with van der Waals surface area (Å²) in [6, 6.07) is 9.58. The highest BCUT2D eigenvalue weighted by Crippen LogP contribution is 2.48. The summed E-state index contributed by atoms with van der Waals surface area (Å²) >= 11 is 0. The van der Waals surface area contributed by atoms with Crippen LogP contribution in [-0.2, 0) is 0 Å². The first kappa shape index (κ1) is 17.5. The Balaban J connectivity index is 1.52. The van der Waals surface area contributed by atoms with Crippen molar-refractivity contribution in [1.82, 2.24) is 29.4 Å². The molecule has 0 spiro atoms. The van der Waals surface area contributed by atoms with Gasteiger partial charge < -0.3 is 14.5 Å². The van der Waals surface area contributed by atoms with E-state index in [9.17, 15) is 9.18 Å². The second-order valence-corrected chi connectivity index (χ2v) is 7.93. The molecule has 0 bridgehead atoms. The Morgan fingerprint density at radius 1 is 1.24 bits per heavy atom. The van der Waals surface area contributed by atoms with Crippen LogP contribution in [0.2, 0.25) is 0 Å². The number of benzene rings is 1. The number of rotatable bonds is 3. The quantitative estimate of drug-likeness (QED) is 0.581. The number of nitrogens with zero attached hydrogens (tertiary/aromatic N) is 5. The fourth-order valence-corrected chi connectivity index (χ4v) is 4.05. The Kier molecular flexibility index (Phi) is 3.77. The number of nitrogens with one attached hydrogen (secondary N) is 1. The number of aromatic amines is 1. The second kappa shape index (κ2) is 6.23. The number of aromatic nitrogens is 5. The lowest BCUT2D eigenvalue weighted by atomic mass is 9.74. The van der Waals surface area contributed by atoms with Crippen LogP contribution in [0.1, 0.15) is 36.2 Å². The van der Waals surface area contributed by atoms with E-state index >= 15 is 0 Å². The molecule has 4 heterocycles. The third kappa shape index (κ3) is 2.79. The third-order valence-corrected chi connectivity index (χ3v) is 5.39. The van der Waals surface area contributed by atoms with Crippen molar-refractivity contribution in [2.45, 2.75) is 19.9 Å². The van der Waals surface area contributed by atoms with Crippen molar-refractivity contribution >= 4 is 17.1 Å². The van der Waals surface area contributed by atoms with Crippen molar-refractivity contribution in [3.05, 3.63) is 72.5 Å². The summed E-state index contributed by atoms with van der Waals surface area (Å²) in [6.45, 7) is 4.76. The van der Waals surface area contributed by atoms with Gasteiger partial charge in [-0.1, -0.05) is 19.9 Å². The van der Waals surface area contributed by atoms with Crippen LogP contribution in [0.3, 0.4) is 0 Å². The molecule has 1 atom stereocenters. The normalized spacial score (nSPS) is 18.0. The summed E-state index contributed by atoms with van der Waals surface area (Å²) in [4.78, 5) is 31.0. The number of pyridine rings is 1. The number of carbonyl (C=O) groups excluding carboxylic acids is 1. The number of H-pyrrole nitrogens is 1. The molecule has 0 saturated carbocycles. The smallest absolute Gasteiger partial charge is 0.273 e. The maximum atomic E-state index is 13.8. The number of imidazole rings is 2. The monoisotopic (exact) mass is 390 g/mol. The van der Waals surface area contributed by atoms with E-state index < -0.39 is 0 Å². The van der Waals surface area contributed by atoms with Crippen molar-refractivity contribution in [3.8, 4) is 5.69 Å². The van der Waals surface area contributed by atoms with Gasteiger partial charge >= 0.3 is 0 Å². The predicted octanol–water partition coefficient (Wildman–Crippen LogP) is 3.51. The average molecular weight is 390 g/mol. The topological polar surface area (TPSA) is 79.7 Å². The zero-order valence-electron chi connectivity index (χ0n) is 16.0. The highest BCUT2D eigenvalue weighted by atomic mass is 19.1. The van der Waals surface area contributed by atoms with Crippen molar-refractivity contribution in [2.75, 3.05) is 6.54 Å². The molecule has 3 aromatic heterocycles. The minimum absolute atomic E-state index is 0.173. The Labute approximate surface area is 166 Å². The zero-order valence-corrected chi connectivity index (χ0v) is 16.0. The molecule has 7 nitrogen and oxygen atoms in total. The molecule has 146 valence electrons. The fraction of sp³-hybridized carbons (Fsp3) is 0.238. The Morgan fingerprint density at radius 3 is 2.90 bits per heavy atom. The second-order valence-electron chi connectivity index (χ2n) is 7.93. The molecule has 29 heavy (non-hydrogen) atoms. The molecule has 0 radical (unpaired) electrons. The van der Waals surface area contributed by atoms with E-state index in [2.05, 4.69) is 33.8 Å². The molecule has 0 aliphatic carbocycles. The lowest BCUT2D eigenvalue weighted by molar-refractivity contribution is -0.0373. The third-order valence-electron chi connectivity index (χ3n) is 5.39. The predicted molar refractivity (Wildman–Crippen MR) is 105 cm³/mol. The van der Waals surface area contributed by atoms with Crippen LogP contribution in [0.15, 0.2) is 55.1 Å². The van der Waals surface area contributed by atoms with E-state index in [0.717, 1.165) is 5.52 Å². The van der Waals surface area contributed by atoms with Crippen LogP contribution in [-0.4, -0.2) is 41.9 Å². The van der Waals surface area contributed by atoms with Gasteiger partial charge in [0.1, 0.15) is 17.3 Å². The molecule has 1 unspecified atom stereocenters. The van der Waals surface area contributed by atoms with Gasteiger partial charge in [0, 0.05) is 30.0 Å². The first-order valence-corrected chi connectivity index (χ1v) is 9.34. The minimum atomic E-state index is -0.320. The molecule has 1 amide bonds. The van der Waals surface area contributed by atoms with Gasteiger partial charge in [-0.25, -0.2) is 19.3 Å². The van der Waals surface area contributed by atoms with Gasteiger partial charge in [0.05, 0.1) is 17.9 Å². The van der Waals surface area contributed by atoms with Crippen molar-refractivity contribution < 1.29 is 9.18 Å². The van der Waals surface area contributed by atoms with Gasteiger partial charge in [-0.3, -0.25) is 4.79 Å². The summed E-state index contributed by atoms with van der Waals surface area (Å²) in [6.07, 6.45) is 5.01. The molecular weight excluding hydrogens is 371 g/mol. The molecular formula is C21H19FN6O. The van der Waals surface area contributed by atoms with Crippen LogP contribution in [0.4, 0.5) is 4.39 Å². The molecule has 1 aliphatic heterocycles. The first-order valence-electron chi connectivity index (χ1n) is 9.34. The molecule has 1 fully saturated rings. The number of carbonyl (C=O) groups is 1. The van der Waals surface area contributed by atoms with E-state index in [1.165, 1.54) is 12.1 Å². The largest absolute Gasteiger partial charge is 0.343 e. The summed E-state index contributed by atoms with van der Waals surface area (Å²) in [5, 5.41) is 0. The molecule has 1 saturated heterocycles. The van der Waals surface area contributed by atoms with E-state index in [1.54, 1.807) is 41.8 Å². The van der Waals surface area contributed by atoms with Crippen LogP contribution in [0, 0.1) is 11.2 Å². The van der Waals surface area contributed by atoms with Gasteiger partial charge in [0.15, 0.2) is 5.65 Å². The summed E-state index contributed by atoms with van der Waals surface area (Å²) < 4.78 is 15.6. The van der Waals surface area contributed by atoms with Crippen molar-refractivity contribution in [1.29, 1.82) is 0 Å². The summed E-state index contributed by atoms with van der Waals surface area (Å²) in [5.74, 6) is 0.202. The van der Waals surface area contributed by atoms with Crippen LogP contribution in [0.5, 0.6) is 0 Å². The molecule has 1 aromatic carbocycles. The van der Waals surface area contributed by atoms with E-state index in [4.69, 9.17) is 0 Å². The Morgan fingerprint density at radius 2 is 2.10 bits per heavy atom. The highest BCUT2D eigenvalue weighted by molar-refractivity contribution is 5.95. The van der Waals surface area contributed by atoms with E-state index in [1.807, 2.05) is 10.6 Å². The fourth-order valence-electron chi connectivity index (χ4n) is 4.05. The lowest BCUT2D eigenvalue weighted by Gasteiger charge is -2.53. The van der Waals surface area contributed by atoms with Gasteiger partial charge in [0.25, 0.3) is 5.91 Å². The van der Waals surface area contributed by atoms with Gasteiger partial charge in [-0.05, 0) is 30.3 Å². The maximum Gasteiger partial charge on any atom is 0.273 e. The Hall–Kier alpha value is -3.55. The van der Waals surface area contributed by atoms with E-state index in [-0.39, 0.29) is 23.2 Å². The van der Waals surface area contributed by atoms with Crippen molar-refractivity contribution in [3.63, 3.8) is 0 Å². The standard InChI is InChI=1S/C21H19FN6O/c1-21(2)11-28(20(29)16-7-6-15-18(26-16)25-12-24-15)17(21)19-23-8-9-27(19)14-5-3-4-13(22)10-14/h3-10,12,17H,11H2,1-2H3,(H,24,25,26). The number of hydrogen-bond donors (Lipinski definition) is 1. The summed E-state index contributed by atoms with van der Waals surface area (Å²) in [5.41, 5.74) is 2.12.